The molecule has 23 heavy (non-hydrogen) atoms. The molecule has 1 aliphatic heterocycles. The topological polar surface area (TPSA) is 12.0 Å². The van der Waals surface area contributed by atoms with Crippen molar-refractivity contribution in [3.8, 4) is 0 Å². The summed E-state index contributed by atoms with van der Waals surface area (Å²) in [5.74, 6) is 0.0199. The molecule has 1 N–H and O–H groups in total. The van der Waals surface area contributed by atoms with Crippen molar-refractivity contribution in [2.24, 2.45) is 5.92 Å². The van der Waals surface area contributed by atoms with Gasteiger partial charge in [-0.2, -0.15) is 13.2 Å². The molecule has 120 valence electrons. The van der Waals surface area contributed by atoms with Crippen molar-refractivity contribution in [1.82, 2.24) is 5.32 Å². The van der Waals surface area contributed by atoms with Gasteiger partial charge in [-0.25, -0.2) is 0 Å². The molecule has 4 heteroatoms. The molecule has 2 aliphatic rings. The molecule has 3 atom stereocenters. The Balaban J connectivity index is 1.89. The van der Waals surface area contributed by atoms with E-state index < -0.39 is 11.7 Å². The van der Waals surface area contributed by atoms with Gasteiger partial charge >= 0.3 is 6.18 Å². The van der Waals surface area contributed by atoms with Crippen LogP contribution in [-0.2, 0) is 6.18 Å². The van der Waals surface area contributed by atoms with Gasteiger partial charge in [0.15, 0.2) is 0 Å². The van der Waals surface area contributed by atoms with Crippen LogP contribution in [0.5, 0.6) is 0 Å². The Kier molecular flexibility index (Phi) is 3.45. The van der Waals surface area contributed by atoms with Gasteiger partial charge in [0, 0.05) is 12.0 Å². The second kappa shape index (κ2) is 5.38. The van der Waals surface area contributed by atoms with Crippen LogP contribution in [0.2, 0.25) is 0 Å². The van der Waals surface area contributed by atoms with Crippen LogP contribution in [0.1, 0.15) is 47.1 Å². The normalized spacial score (nSPS) is 26.7. The van der Waals surface area contributed by atoms with Gasteiger partial charge in [-0.3, -0.25) is 0 Å². The van der Waals surface area contributed by atoms with Crippen molar-refractivity contribution in [3.05, 3.63) is 70.8 Å². The third-order valence-electron chi connectivity index (χ3n) is 5.20. The minimum absolute atomic E-state index is 0.172. The van der Waals surface area contributed by atoms with Gasteiger partial charge in [0.1, 0.15) is 0 Å². The van der Waals surface area contributed by atoms with E-state index in [1.54, 1.807) is 12.1 Å². The molecular formula is C19H18F3N. The lowest BCUT2D eigenvalue weighted by atomic mass is 9.79. The summed E-state index contributed by atoms with van der Waals surface area (Å²) in [5.41, 5.74) is 2.14. The van der Waals surface area contributed by atoms with Crippen molar-refractivity contribution in [2.75, 3.05) is 6.54 Å². The first-order valence-corrected chi connectivity index (χ1v) is 8.05. The van der Waals surface area contributed by atoms with E-state index in [1.165, 1.54) is 17.7 Å². The quantitative estimate of drug-likeness (QED) is 0.789. The Hall–Kier alpha value is -1.81. The third kappa shape index (κ3) is 2.36. The first kappa shape index (κ1) is 14.8. The number of benzene rings is 2. The van der Waals surface area contributed by atoms with E-state index in [0.717, 1.165) is 24.9 Å². The third-order valence-corrected chi connectivity index (χ3v) is 5.20. The highest BCUT2D eigenvalue weighted by Crippen LogP contribution is 2.53. The Morgan fingerprint density at radius 3 is 2.26 bits per heavy atom. The highest BCUT2D eigenvalue weighted by molar-refractivity contribution is 5.49. The molecule has 0 bridgehead atoms. The standard InChI is InChI=1S/C19H18F3N/c20-19(21,22)16-10-4-3-8-14(16)17-12-6-1-2-7-13(12)18-15(17)9-5-11-23-18/h1-4,6-8,10,15,17-18,23H,5,9,11H2/t15-,17+,18+/m0/s1. The second-order valence-corrected chi connectivity index (χ2v) is 6.43. The van der Waals surface area contributed by atoms with E-state index in [4.69, 9.17) is 0 Å². The second-order valence-electron chi connectivity index (χ2n) is 6.43. The van der Waals surface area contributed by atoms with Gasteiger partial charge < -0.3 is 5.32 Å². The summed E-state index contributed by atoms with van der Waals surface area (Å²) in [5, 5.41) is 3.51. The SMILES string of the molecule is FC(F)(F)c1ccccc1[C@H]1c2ccccc2[C@H]2NCCC[C@@H]12. The van der Waals surface area contributed by atoms with Crippen molar-refractivity contribution in [3.63, 3.8) is 0 Å². The summed E-state index contributed by atoms with van der Waals surface area (Å²) in [7, 11) is 0. The number of fused-ring (bicyclic) bond motifs is 3. The summed E-state index contributed by atoms with van der Waals surface area (Å²) in [4.78, 5) is 0. The summed E-state index contributed by atoms with van der Waals surface area (Å²) >= 11 is 0. The van der Waals surface area contributed by atoms with E-state index in [2.05, 4.69) is 11.4 Å². The largest absolute Gasteiger partial charge is 0.416 e. The van der Waals surface area contributed by atoms with E-state index in [1.807, 2.05) is 18.2 Å². The van der Waals surface area contributed by atoms with Gasteiger partial charge in [-0.05, 0) is 48.1 Å². The lowest BCUT2D eigenvalue weighted by Crippen LogP contribution is -2.33. The van der Waals surface area contributed by atoms with Gasteiger partial charge in [-0.1, -0.05) is 42.5 Å². The van der Waals surface area contributed by atoms with E-state index in [-0.39, 0.29) is 17.9 Å². The van der Waals surface area contributed by atoms with Gasteiger partial charge in [-0.15, -0.1) is 0 Å². The fourth-order valence-electron chi connectivity index (χ4n) is 4.35. The maximum atomic E-state index is 13.5. The lowest BCUT2D eigenvalue weighted by molar-refractivity contribution is -0.138. The summed E-state index contributed by atoms with van der Waals surface area (Å²) in [6.07, 6.45) is -2.34. The number of halogens is 3. The molecule has 1 heterocycles. The number of hydrogen-bond donors (Lipinski definition) is 1. The van der Waals surface area contributed by atoms with Crippen LogP contribution in [0.3, 0.4) is 0 Å². The number of hydrogen-bond acceptors (Lipinski definition) is 1. The molecule has 1 nitrogen and oxygen atoms in total. The molecule has 0 amide bonds. The van der Waals surface area contributed by atoms with Crippen molar-refractivity contribution >= 4 is 0 Å². The van der Waals surface area contributed by atoms with E-state index in [9.17, 15) is 13.2 Å². The molecule has 0 saturated carbocycles. The van der Waals surface area contributed by atoms with Crippen LogP contribution in [0, 0.1) is 5.92 Å². The number of rotatable bonds is 1. The van der Waals surface area contributed by atoms with Crippen molar-refractivity contribution in [2.45, 2.75) is 31.0 Å². The minimum Gasteiger partial charge on any atom is -0.310 e. The van der Waals surface area contributed by atoms with E-state index in [0.29, 0.717) is 5.56 Å². The first-order valence-electron chi connectivity index (χ1n) is 8.05. The van der Waals surface area contributed by atoms with Crippen LogP contribution in [0.25, 0.3) is 0 Å². The smallest absolute Gasteiger partial charge is 0.310 e. The molecular weight excluding hydrogens is 299 g/mol. The van der Waals surface area contributed by atoms with Crippen molar-refractivity contribution in [1.29, 1.82) is 0 Å². The monoisotopic (exact) mass is 317 g/mol. The Bertz CT molecular complexity index is 723. The Labute approximate surface area is 133 Å². The first-order chi connectivity index (χ1) is 11.1. The van der Waals surface area contributed by atoms with Gasteiger partial charge in [0.05, 0.1) is 5.56 Å². The molecule has 0 unspecified atom stereocenters. The molecule has 0 aromatic heterocycles. The number of piperidine rings is 1. The highest BCUT2D eigenvalue weighted by Gasteiger charge is 2.45. The predicted octanol–water partition coefficient (Wildman–Crippen LogP) is 4.89. The molecule has 0 spiro atoms. The zero-order chi connectivity index (χ0) is 16.0. The fourth-order valence-corrected chi connectivity index (χ4v) is 4.35. The fraction of sp³-hybridized carbons (Fsp3) is 0.368. The van der Waals surface area contributed by atoms with Crippen LogP contribution in [-0.4, -0.2) is 6.54 Å². The maximum absolute atomic E-state index is 13.5. The lowest BCUT2D eigenvalue weighted by Gasteiger charge is -2.32. The van der Waals surface area contributed by atoms with Crippen LogP contribution < -0.4 is 5.32 Å². The van der Waals surface area contributed by atoms with Crippen molar-refractivity contribution < 1.29 is 13.2 Å². The molecule has 4 rings (SSSR count). The molecule has 1 saturated heterocycles. The number of nitrogens with one attached hydrogen (secondary N) is 1. The average Bonchev–Trinajstić information content (AvgIpc) is 2.88. The zero-order valence-corrected chi connectivity index (χ0v) is 12.6. The van der Waals surface area contributed by atoms with Gasteiger partial charge in [0.25, 0.3) is 0 Å². The zero-order valence-electron chi connectivity index (χ0n) is 12.6. The number of alkyl halides is 3. The molecule has 0 radical (unpaired) electrons. The molecule has 1 fully saturated rings. The van der Waals surface area contributed by atoms with Crippen LogP contribution in [0.15, 0.2) is 48.5 Å². The molecule has 2 aromatic carbocycles. The Morgan fingerprint density at radius 1 is 0.870 bits per heavy atom. The van der Waals surface area contributed by atoms with E-state index >= 15 is 0 Å². The van der Waals surface area contributed by atoms with Gasteiger partial charge in [0.2, 0.25) is 0 Å². The minimum atomic E-state index is -4.31. The van der Waals surface area contributed by atoms with Crippen LogP contribution in [0.4, 0.5) is 13.2 Å². The van der Waals surface area contributed by atoms with Crippen LogP contribution >= 0.6 is 0 Å². The Morgan fingerprint density at radius 2 is 1.52 bits per heavy atom. The summed E-state index contributed by atoms with van der Waals surface area (Å²) in [6, 6.07) is 14.2. The molecule has 1 aliphatic carbocycles. The summed E-state index contributed by atoms with van der Waals surface area (Å²) in [6.45, 7) is 0.934. The summed E-state index contributed by atoms with van der Waals surface area (Å²) < 4.78 is 40.5. The molecule has 2 aromatic rings. The maximum Gasteiger partial charge on any atom is 0.416 e. The highest BCUT2D eigenvalue weighted by atomic mass is 19.4. The predicted molar refractivity (Wildman–Crippen MR) is 83.2 cm³/mol. The average molecular weight is 317 g/mol.